The molecule has 0 aliphatic carbocycles. The fraction of sp³-hybridized carbons (Fsp3) is 0.478. The van der Waals surface area contributed by atoms with Crippen molar-refractivity contribution >= 4 is 21.6 Å². The normalized spacial score (nSPS) is 16.3. The number of hydrogen-bond acceptors (Lipinski definition) is 4. The molecule has 1 aliphatic heterocycles. The molecule has 1 aliphatic rings. The molecule has 1 saturated heterocycles. The Morgan fingerprint density at radius 1 is 1.18 bits per heavy atom. The number of hydrogen-bond donors (Lipinski definition) is 0. The first-order valence-corrected chi connectivity index (χ1v) is 11.2. The lowest BCUT2D eigenvalue weighted by Gasteiger charge is -2.31. The van der Waals surface area contributed by atoms with E-state index in [0.717, 1.165) is 59.5 Å². The van der Waals surface area contributed by atoms with Crippen molar-refractivity contribution in [2.24, 2.45) is 0 Å². The van der Waals surface area contributed by atoms with Gasteiger partial charge in [-0.15, -0.1) is 11.3 Å². The van der Waals surface area contributed by atoms with Crippen LogP contribution in [0.25, 0.3) is 21.3 Å². The average molecular weight is 396 g/mol. The molecule has 3 aromatic rings. The summed E-state index contributed by atoms with van der Waals surface area (Å²) in [5.74, 6) is 1.43. The van der Waals surface area contributed by atoms with Crippen molar-refractivity contribution in [3.05, 3.63) is 51.4 Å². The average Bonchev–Trinajstić information content (AvgIpc) is 3.13. The van der Waals surface area contributed by atoms with Crippen LogP contribution in [0.2, 0.25) is 0 Å². The number of benzene rings is 1. The smallest absolute Gasteiger partial charge is 0.263 e. The summed E-state index contributed by atoms with van der Waals surface area (Å²) in [7, 11) is 2.15. The van der Waals surface area contributed by atoms with Gasteiger partial charge in [0, 0.05) is 23.4 Å². The van der Waals surface area contributed by atoms with Crippen LogP contribution in [0, 0.1) is 0 Å². The van der Waals surface area contributed by atoms with Crippen molar-refractivity contribution in [1.29, 1.82) is 0 Å². The number of likely N-dealkylation sites (tertiary alicyclic amines) is 1. The third-order valence-corrected chi connectivity index (χ3v) is 6.84. The highest BCUT2D eigenvalue weighted by atomic mass is 32.1. The maximum absolute atomic E-state index is 13.6. The van der Waals surface area contributed by atoms with Crippen LogP contribution in [-0.2, 0) is 6.42 Å². The molecule has 28 heavy (non-hydrogen) atoms. The largest absolute Gasteiger partial charge is 0.306 e. The van der Waals surface area contributed by atoms with Gasteiger partial charge < -0.3 is 4.90 Å². The molecule has 1 aromatic carbocycles. The van der Waals surface area contributed by atoms with E-state index in [9.17, 15) is 4.79 Å². The van der Waals surface area contributed by atoms with Gasteiger partial charge in [0.2, 0.25) is 0 Å². The summed E-state index contributed by atoms with van der Waals surface area (Å²) >= 11 is 1.59. The Bertz CT molecular complexity index is 1020. The van der Waals surface area contributed by atoms with E-state index in [1.165, 1.54) is 5.56 Å². The summed E-state index contributed by atoms with van der Waals surface area (Å²) < 4.78 is 2.01. The van der Waals surface area contributed by atoms with Gasteiger partial charge >= 0.3 is 0 Å². The summed E-state index contributed by atoms with van der Waals surface area (Å²) in [4.78, 5) is 21.8. The lowest BCUT2D eigenvalue weighted by atomic mass is 9.99. The van der Waals surface area contributed by atoms with Crippen molar-refractivity contribution in [2.75, 3.05) is 20.1 Å². The van der Waals surface area contributed by atoms with E-state index in [-0.39, 0.29) is 11.6 Å². The second-order valence-corrected chi connectivity index (χ2v) is 9.06. The Kier molecular flexibility index (Phi) is 5.39. The van der Waals surface area contributed by atoms with Gasteiger partial charge in [0.15, 0.2) is 0 Å². The minimum atomic E-state index is 0.139. The second kappa shape index (κ2) is 7.80. The molecule has 2 aromatic heterocycles. The highest BCUT2D eigenvalue weighted by molar-refractivity contribution is 7.17. The van der Waals surface area contributed by atoms with E-state index < -0.39 is 0 Å². The number of thiophene rings is 1. The molecule has 0 bridgehead atoms. The molecule has 4 rings (SSSR count). The highest BCUT2D eigenvalue weighted by Gasteiger charge is 2.24. The Hall–Kier alpha value is -1.98. The summed E-state index contributed by atoms with van der Waals surface area (Å²) in [5, 5.41) is 2.89. The predicted octanol–water partition coefficient (Wildman–Crippen LogP) is 5.08. The molecular weight excluding hydrogens is 366 g/mol. The van der Waals surface area contributed by atoms with E-state index in [1.54, 1.807) is 11.3 Å². The molecule has 0 saturated carbocycles. The molecule has 0 amide bonds. The predicted molar refractivity (Wildman–Crippen MR) is 119 cm³/mol. The Labute approximate surface area is 170 Å². The van der Waals surface area contributed by atoms with E-state index in [4.69, 9.17) is 4.98 Å². The van der Waals surface area contributed by atoms with Gasteiger partial charge in [0.25, 0.3) is 5.56 Å². The summed E-state index contributed by atoms with van der Waals surface area (Å²) in [6, 6.07) is 8.89. The van der Waals surface area contributed by atoms with Crippen molar-refractivity contribution in [1.82, 2.24) is 14.5 Å². The lowest BCUT2D eigenvalue weighted by Crippen LogP contribution is -2.37. The SMILES string of the molecule is CCc1nc2scc(-c3ccc(C(C)C)cc3)c2c(=O)n1C1CCN(C)CC1. The first-order valence-electron chi connectivity index (χ1n) is 10.3. The number of aromatic nitrogens is 2. The Balaban J connectivity index is 1.84. The molecule has 3 heterocycles. The first kappa shape index (κ1) is 19.3. The quantitative estimate of drug-likeness (QED) is 0.618. The van der Waals surface area contributed by atoms with Gasteiger partial charge in [-0.25, -0.2) is 4.98 Å². The van der Waals surface area contributed by atoms with Crippen molar-refractivity contribution in [2.45, 2.75) is 52.0 Å². The van der Waals surface area contributed by atoms with Gasteiger partial charge in [-0.3, -0.25) is 9.36 Å². The topological polar surface area (TPSA) is 38.1 Å². The van der Waals surface area contributed by atoms with Gasteiger partial charge in [-0.2, -0.15) is 0 Å². The molecule has 4 nitrogen and oxygen atoms in total. The summed E-state index contributed by atoms with van der Waals surface area (Å²) in [6.07, 6.45) is 2.81. The van der Waals surface area contributed by atoms with Gasteiger partial charge in [0.1, 0.15) is 10.7 Å². The summed E-state index contributed by atoms with van der Waals surface area (Å²) in [6.45, 7) is 8.56. The molecule has 0 spiro atoms. The van der Waals surface area contributed by atoms with Crippen molar-refractivity contribution in [3.8, 4) is 11.1 Å². The van der Waals surface area contributed by atoms with Crippen LogP contribution < -0.4 is 5.56 Å². The van der Waals surface area contributed by atoms with E-state index in [0.29, 0.717) is 5.92 Å². The number of nitrogens with zero attached hydrogens (tertiary/aromatic N) is 3. The molecule has 0 unspecified atom stereocenters. The fourth-order valence-corrected chi connectivity index (χ4v) is 5.14. The van der Waals surface area contributed by atoms with Crippen LogP contribution in [0.15, 0.2) is 34.4 Å². The molecule has 0 N–H and O–H groups in total. The minimum Gasteiger partial charge on any atom is -0.306 e. The van der Waals surface area contributed by atoms with Crippen LogP contribution in [-0.4, -0.2) is 34.6 Å². The van der Waals surface area contributed by atoms with Crippen molar-refractivity contribution in [3.63, 3.8) is 0 Å². The third-order valence-electron chi connectivity index (χ3n) is 5.97. The zero-order chi connectivity index (χ0) is 19.8. The molecule has 1 fully saturated rings. The first-order chi connectivity index (χ1) is 13.5. The van der Waals surface area contributed by atoms with Crippen molar-refractivity contribution < 1.29 is 0 Å². The minimum absolute atomic E-state index is 0.139. The monoisotopic (exact) mass is 395 g/mol. The standard InChI is InChI=1S/C23H29N3OS/c1-5-20-24-22-21(23(27)26(20)18-10-12-25(4)13-11-18)19(14-28-22)17-8-6-16(7-9-17)15(2)3/h6-9,14-15,18H,5,10-13H2,1-4H3. The Morgan fingerprint density at radius 3 is 2.46 bits per heavy atom. The fourth-order valence-electron chi connectivity index (χ4n) is 4.18. The van der Waals surface area contributed by atoms with Gasteiger partial charge in [-0.05, 0) is 50.0 Å². The van der Waals surface area contributed by atoms with Crippen LogP contribution >= 0.6 is 11.3 Å². The van der Waals surface area contributed by atoms with E-state index >= 15 is 0 Å². The van der Waals surface area contributed by atoms with Crippen LogP contribution in [0.1, 0.15) is 57.0 Å². The van der Waals surface area contributed by atoms with E-state index in [1.807, 2.05) is 4.57 Å². The molecule has 0 radical (unpaired) electrons. The number of aryl methyl sites for hydroxylation is 1. The third kappa shape index (κ3) is 3.42. The number of rotatable bonds is 4. The lowest BCUT2D eigenvalue weighted by molar-refractivity contribution is 0.216. The van der Waals surface area contributed by atoms with E-state index in [2.05, 4.69) is 62.4 Å². The van der Waals surface area contributed by atoms with Gasteiger partial charge in [-0.1, -0.05) is 45.0 Å². The number of fused-ring (bicyclic) bond motifs is 1. The van der Waals surface area contributed by atoms with Crippen LogP contribution in [0.3, 0.4) is 0 Å². The maximum Gasteiger partial charge on any atom is 0.263 e. The zero-order valence-corrected chi connectivity index (χ0v) is 18.1. The second-order valence-electron chi connectivity index (χ2n) is 8.20. The van der Waals surface area contributed by atoms with Gasteiger partial charge in [0.05, 0.1) is 5.39 Å². The maximum atomic E-state index is 13.6. The highest BCUT2D eigenvalue weighted by Crippen LogP contribution is 2.33. The number of piperidine rings is 1. The molecule has 5 heteroatoms. The summed E-state index contributed by atoms with van der Waals surface area (Å²) in [5.41, 5.74) is 3.59. The molecule has 0 atom stereocenters. The molecule has 148 valence electrons. The zero-order valence-electron chi connectivity index (χ0n) is 17.2. The van der Waals surface area contributed by atoms with Crippen LogP contribution in [0.5, 0.6) is 0 Å². The molecular formula is C23H29N3OS. The van der Waals surface area contributed by atoms with Crippen LogP contribution in [0.4, 0.5) is 0 Å². The Morgan fingerprint density at radius 2 is 1.86 bits per heavy atom.